The van der Waals surface area contributed by atoms with Crippen molar-refractivity contribution in [2.45, 2.75) is 14.7 Å². The average molecular weight is 858 g/mol. The van der Waals surface area contributed by atoms with Crippen LogP contribution in [0.3, 0.4) is 0 Å². The molecule has 0 saturated heterocycles. The van der Waals surface area contributed by atoms with Gasteiger partial charge in [-0.2, -0.15) is 25.3 Å². The van der Waals surface area contributed by atoms with E-state index in [4.69, 9.17) is 0 Å². The molecule has 0 spiro atoms. The highest BCUT2D eigenvalue weighted by molar-refractivity contribution is 7.86. The molecule has 0 heterocycles. The zero-order valence-corrected chi connectivity index (χ0v) is 32.0. The first-order chi connectivity index (χ1) is 27.8. The Kier molecular flexibility index (Phi) is 10.3. The average Bonchev–Trinajstić information content (AvgIpc) is 3.17. The third kappa shape index (κ3) is 8.36. The molecule has 7 rings (SSSR count). The third-order valence-electron chi connectivity index (χ3n) is 8.79. The Bertz CT molecular complexity index is 3270. The van der Waals surface area contributed by atoms with E-state index >= 15 is 0 Å². The lowest BCUT2D eigenvalue weighted by Gasteiger charge is -2.11. The van der Waals surface area contributed by atoms with Crippen LogP contribution in [0.4, 0.5) is 34.1 Å². The van der Waals surface area contributed by atoms with Gasteiger partial charge in [0.25, 0.3) is 30.4 Å². The second kappa shape index (κ2) is 15.1. The lowest BCUT2D eigenvalue weighted by molar-refractivity contribution is 0.444. The molecule has 7 aromatic rings. The van der Waals surface area contributed by atoms with Crippen LogP contribution in [0.1, 0.15) is 0 Å². The zero-order chi connectivity index (χ0) is 42.4. The number of nitrogens with one attached hydrogen (secondary N) is 1. The van der Waals surface area contributed by atoms with Gasteiger partial charge in [0.05, 0.1) is 4.90 Å². The van der Waals surface area contributed by atoms with Crippen LogP contribution in [0.5, 0.6) is 23.0 Å². The Morgan fingerprint density at radius 1 is 0.441 bits per heavy atom. The number of azo groups is 2. The number of anilines is 2. The number of hydrogen-bond donors (Lipinski definition) is 8. The minimum absolute atomic E-state index is 0.0534. The summed E-state index contributed by atoms with van der Waals surface area (Å²) >= 11 is 0. The summed E-state index contributed by atoms with van der Waals surface area (Å²) < 4.78 is 102. The topological polar surface area (TPSA) is 305 Å². The molecule has 0 bridgehead atoms. The van der Waals surface area contributed by atoms with Gasteiger partial charge >= 0.3 is 0 Å². The number of nitrogens with zero attached hydrogens (tertiary/aromatic N) is 4. The van der Waals surface area contributed by atoms with E-state index in [0.29, 0.717) is 16.8 Å². The van der Waals surface area contributed by atoms with E-state index in [1.807, 2.05) is 30.3 Å². The minimum atomic E-state index is -5.09. The highest BCUT2D eigenvalue weighted by Crippen LogP contribution is 2.45. The molecular weight excluding hydrogens is 831 g/mol. The van der Waals surface area contributed by atoms with Gasteiger partial charge in [0.15, 0.2) is 11.5 Å². The van der Waals surface area contributed by atoms with E-state index in [1.54, 1.807) is 12.1 Å². The number of benzene rings is 7. The summed E-state index contributed by atoms with van der Waals surface area (Å²) in [6.45, 7) is 0. The van der Waals surface area contributed by atoms with Crippen molar-refractivity contribution in [1.29, 1.82) is 0 Å². The molecular formula is C38H27N5O13S3. The Morgan fingerprint density at radius 3 is 1.73 bits per heavy atom. The smallest absolute Gasteiger partial charge is 0.298 e. The molecule has 18 nitrogen and oxygen atoms in total. The molecule has 7 aromatic carbocycles. The fourth-order valence-electron chi connectivity index (χ4n) is 5.98. The van der Waals surface area contributed by atoms with Crippen LogP contribution < -0.4 is 5.32 Å². The molecule has 0 fully saturated rings. The fraction of sp³-hybridized carbons (Fsp3) is 0. The van der Waals surface area contributed by atoms with Crippen LogP contribution in [0.2, 0.25) is 0 Å². The largest absolute Gasteiger partial charge is 0.506 e. The first-order valence-electron chi connectivity index (χ1n) is 16.6. The van der Waals surface area contributed by atoms with Gasteiger partial charge in [-0.15, -0.1) is 20.5 Å². The van der Waals surface area contributed by atoms with Crippen LogP contribution in [0, 0.1) is 0 Å². The van der Waals surface area contributed by atoms with Crippen LogP contribution in [-0.4, -0.2) is 59.3 Å². The van der Waals surface area contributed by atoms with Gasteiger partial charge in [0, 0.05) is 22.1 Å². The van der Waals surface area contributed by atoms with Gasteiger partial charge < -0.3 is 25.7 Å². The molecule has 0 saturated carbocycles. The quantitative estimate of drug-likeness (QED) is 0.0471. The van der Waals surface area contributed by atoms with E-state index < -0.39 is 79.4 Å². The predicted molar refractivity (Wildman–Crippen MR) is 214 cm³/mol. The number of phenols is 4. The predicted octanol–water partition coefficient (Wildman–Crippen LogP) is 8.80. The fourth-order valence-corrected chi connectivity index (χ4v) is 7.77. The van der Waals surface area contributed by atoms with Crippen molar-refractivity contribution in [3.8, 4) is 34.1 Å². The molecule has 0 aromatic heterocycles. The van der Waals surface area contributed by atoms with Crippen LogP contribution in [-0.2, 0) is 30.4 Å². The lowest BCUT2D eigenvalue weighted by Crippen LogP contribution is -2.00. The van der Waals surface area contributed by atoms with E-state index in [2.05, 4.69) is 25.8 Å². The first kappa shape index (κ1) is 40.2. The summed E-state index contributed by atoms with van der Waals surface area (Å²) in [5.41, 5.74) is 0.366. The molecule has 0 amide bonds. The Labute approximate surface area is 334 Å². The number of fused-ring (bicyclic) bond motifs is 2. The van der Waals surface area contributed by atoms with Crippen LogP contribution in [0.15, 0.2) is 150 Å². The Morgan fingerprint density at radius 2 is 1.05 bits per heavy atom. The summed E-state index contributed by atoms with van der Waals surface area (Å²) in [6.07, 6.45) is 0. The highest BCUT2D eigenvalue weighted by Gasteiger charge is 2.24. The monoisotopic (exact) mass is 857 g/mol. The van der Waals surface area contributed by atoms with Gasteiger partial charge in [0.1, 0.15) is 44.0 Å². The minimum Gasteiger partial charge on any atom is -0.506 e. The number of rotatable bonds is 10. The molecule has 59 heavy (non-hydrogen) atoms. The molecule has 300 valence electrons. The SMILES string of the molecule is O=S(=O)(O)c1ccc2c(N=Nc3cc(-c4ccc(N=Nc5c(S(=O)(=O)O)cc6cc(Nc7ccccc7)ccc6c5O)c(O)c4)ccc3O)c(O)c(S(=O)(=O)O)cc2c1. The number of aromatic hydroxyl groups is 4. The lowest BCUT2D eigenvalue weighted by atomic mass is 10.0. The summed E-state index contributed by atoms with van der Waals surface area (Å²) in [7, 11) is -14.8. The molecule has 0 atom stereocenters. The van der Waals surface area contributed by atoms with Crippen LogP contribution >= 0.6 is 0 Å². The van der Waals surface area contributed by atoms with E-state index in [0.717, 1.165) is 36.0 Å². The Hall–Kier alpha value is -7.01. The molecule has 0 aliphatic heterocycles. The van der Waals surface area contributed by atoms with Gasteiger partial charge in [-0.1, -0.05) is 36.4 Å². The maximum atomic E-state index is 12.4. The van der Waals surface area contributed by atoms with E-state index in [-0.39, 0.29) is 32.9 Å². The van der Waals surface area contributed by atoms with Gasteiger partial charge in [-0.3, -0.25) is 13.7 Å². The molecule has 0 unspecified atom stereocenters. The van der Waals surface area contributed by atoms with Gasteiger partial charge in [-0.25, -0.2) is 0 Å². The van der Waals surface area contributed by atoms with Crippen molar-refractivity contribution in [1.82, 2.24) is 0 Å². The first-order valence-corrected chi connectivity index (χ1v) is 20.9. The van der Waals surface area contributed by atoms with Gasteiger partial charge in [-0.05, 0) is 101 Å². The number of para-hydroxylation sites is 1. The van der Waals surface area contributed by atoms with Crippen molar-refractivity contribution in [3.05, 3.63) is 115 Å². The van der Waals surface area contributed by atoms with Gasteiger partial charge in [0.2, 0.25) is 0 Å². The van der Waals surface area contributed by atoms with Crippen molar-refractivity contribution in [2.75, 3.05) is 5.32 Å². The summed E-state index contributed by atoms with van der Waals surface area (Å²) in [5.74, 6) is -2.58. The molecule has 0 radical (unpaired) electrons. The van der Waals surface area contributed by atoms with Crippen molar-refractivity contribution < 1.29 is 59.3 Å². The maximum absolute atomic E-state index is 12.4. The van der Waals surface area contributed by atoms with Crippen LogP contribution in [0.25, 0.3) is 32.7 Å². The zero-order valence-electron chi connectivity index (χ0n) is 29.6. The standard InChI is InChI=1S/C38H27N5O13S3/c44-31-13-7-20(16-30(31)41-42-35-27-11-9-26(57(48,49)50)15-23(27)19-34(38(35)47)59(54,55)56)21-6-12-29(32(45)17-21)40-43-36-33(58(51,52)53)18-22-14-25(8-10-28(22)37(36)46)39-24-4-2-1-3-5-24/h1-19,39,44-47H,(H,48,49,50)(H,51,52,53)(H,54,55,56). The highest BCUT2D eigenvalue weighted by atomic mass is 32.2. The maximum Gasteiger partial charge on any atom is 0.298 e. The number of hydrogen-bond acceptors (Lipinski definition) is 15. The Balaban J connectivity index is 1.21. The van der Waals surface area contributed by atoms with E-state index in [1.165, 1.54) is 42.5 Å². The molecule has 0 aliphatic rings. The van der Waals surface area contributed by atoms with Crippen molar-refractivity contribution in [3.63, 3.8) is 0 Å². The number of phenolic OH excluding ortho intramolecular Hbond substituents is 4. The third-order valence-corrected chi connectivity index (χ3v) is 11.4. The van der Waals surface area contributed by atoms with Crippen molar-refractivity contribution in [2.24, 2.45) is 20.5 Å². The second-order valence-corrected chi connectivity index (χ2v) is 16.9. The molecule has 8 N–H and O–H groups in total. The molecule has 0 aliphatic carbocycles. The summed E-state index contributed by atoms with van der Waals surface area (Å²) in [6, 6.07) is 26.6. The second-order valence-electron chi connectivity index (χ2n) is 12.7. The summed E-state index contributed by atoms with van der Waals surface area (Å²) in [5, 5.41) is 62.3. The van der Waals surface area contributed by atoms with Crippen molar-refractivity contribution >= 4 is 86.0 Å². The molecule has 21 heteroatoms. The summed E-state index contributed by atoms with van der Waals surface area (Å²) in [4.78, 5) is -2.42. The van der Waals surface area contributed by atoms with E-state index in [9.17, 15) is 59.3 Å². The normalized spacial score (nSPS) is 12.5.